The zero-order chi connectivity index (χ0) is 6.91. The third kappa shape index (κ3) is 1.41. The summed E-state index contributed by atoms with van der Waals surface area (Å²) >= 11 is 0. The third-order valence-electron chi connectivity index (χ3n) is 0.934. The fourth-order valence-corrected chi connectivity index (χ4v) is 1.04. The second kappa shape index (κ2) is 1.98. The second-order valence-corrected chi connectivity index (χ2v) is 3.34. The summed E-state index contributed by atoms with van der Waals surface area (Å²) in [5.41, 5.74) is 4.91. The molecule has 0 fully saturated rings. The lowest BCUT2D eigenvalue weighted by atomic mass is 10.6. The zero-order valence-corrected chi connectivity index (χ0v) is 5.35. The first kappa shape index (κ1) is 6.53. The van der Waals surface area contributed by atoms with Crippen LogP contribution in [-0.2, 0) is 10.0 Å². The van der Waals surface area contributed by atoms with Crippen LogP contribution in [0.25, 0.3) is 0 Å². The molecule has 6 heteroatoms. The van der Waals surface area contributed by atoms with Crippen LogP contribution in [0.1, 0.15) is 0 Å². The van der Waals surface area contributed by atoms with Gasteiger partial charge in [0.2, 0.25) is 10.0 Å². The standard InChI is InChI=1S/C3H7N3O2S/c4-9(7,8)3-1-2-5-6-3/h1-3,5-6H,(H2,4,7,8). The summed E-state index contributed by atoms with van der Waals surface area (Å²) in [4.78, 5) is 0. The van der Waals surface area contributed by atoms with Crippen LogP contribution in [0, 0.1) is 0 Å². The smallest absolute Gasteiger partial charge is 0.230 e. The molecule has 0 aromatic carbocycles. The number of hydrogen-bond donors (Lipinski definition) is 3. The van der Waals surface area contributed by atoms with Crippen LogP contribution in [-0.4, -0.2) is 13.8 Å². The van der Waals surface area contributed by atoms with Gasteiger partial charge in [-0.3, -0.25) is 0 Å². The molecule has 1 heterocycles. The van der Waals surface area contributed by atoms with Crippen molar-refractivity contribution in [2.24, 2.45) is 5.14 Å². The minimum absolute atomic E-state index is 0.780. The van der Waals surface area contributed by atoms with E-state index >= 15 is 0 Å². The Labute approximate surface area is 52.9 Å². The molecule has 0 bridgehead atoms. The van der Waals surface area contributed by atoms with Gasteiger partial charge in [-0.05, 0) is 6.08 Å². The molecular formula is C3H7N3O2S. The van der Waals surface area contributed by atoms with Crippen molar-refractivity contribution in [1.29, 1.82) is 0 Å². The van der Waals surface area contributed by atoms with E-state index < -0.39 is 15.4 Å². The van der Waals surface area contributed by atoms with E-state index in [9.17, 15) is 8.42 Å². The molecule has 52 valence electrons. The van der Waals surface area contributed by atoms with Gasteiger partial charge < -0.3 is 5.43 Å². The van der Waals surface area contributed by atoms with Crippen LogP contribution in [0.15, 0.2) is 12.3 Å². The summed E-state index contributed by atoms with van der Waals surface area (Å²) in [7, 11) is -3.46. The molecule has 0 aliphatic carbocycles. The fourth-order valence-electron chi connectivity index (χ4n) is 0.506. The highest BCUT2D eigenvalue weighted by Gasteiger charge is 2.19. The highest BCUT2D eigenvalue weighted by atomic mass is 32.2. The molecule has 5 nitrogen and oxygen atoms in total. The average molecular weight is 149 g/mol. The second-order valence-electron chi connectivity index (χ2n) is 1.66. The molecule has 0 aromatic heterocycles. The maximum Gasteiger partial charge on any atom is 0.230 e. The van der Waals surface area contributed by atoms with Crippen molar-refractivity contribution in [3.8, 4) is 0 Å². The van der Waals surface area contributed by atoms with Crippen molar-refractivity contribution < 1.29 is 8.42 Å². The Morgan fingerprint density at radius 3 is 2.44 bits per heavy atom. The van der Waals surface area contributed by atoms with Gasteiger partial charge >= 0.3 is 0 Å². The highest BCUT2D eigenvalue weighted by Crippen LogP contribution is 1.95. The molecule has 1 aliphatic heterocycles. The lowest BCUT2D eigenvalue weighted by molar-refractivity contribution is 0.570. The van der Waals surface area contributed by atoms with E-state index in [4.69, 9.17) is 5.14 Å². The molecule has 1 rings (SSSR count). The van der Waals surface area contributed by atoms with E-state index in [-0.39, 0.29) is 0 Å². The summed E-state index contributed by atoms with van der Waals surface area (Å²) in [6.07, 6.45) is 2.91. The predicted molar refractivity (Wildman–Crippen MR) is 32.3 cm³/mol. The maximum atomic E-state index is 10.5. The van der Waals surface area contributed by atoms with Gasteiger partial charge in [-0.15, -0.1) is 0 Å². The van der Waals surface area contributed by atoms with Crippen LogP contribution in [0.5, 0.6) is 0 Å². The molecule has 9 heavy (non-hydrogen) atoms. The third-order valence-corrected chi connectivity index (χ3v) is 1.92. The molecule has 1 atom stereocenters. The number of hydrogen-bond acceptors (Lipinski definition) is 4. The van der Waals surface area contributed by atoms with Crippen LogP contribution < -0.4 is 16.0 Å². The SMILES string of the molecule is NS(=O)(=O)C1C=CNN1. The van der Waals surface area contributed by atoms with E-state index in [1.807, 2.05) is 0 Å². The molecule has 0 saturated heterocycles. The largest absolute Gasteiger partial charge is 0.327 e. The van der Waals surface area contributed by atoms with Gasteiger partial charge in [-0.25, -0.2) is 19.0 Å². The Hall–Kier alpha value is -0.590. The Kier molecular flexibility index (Phi) is 1.43. The van der Waals surface area contributed by atoms with Gasteiger partial charge in [-0.2, -0.15) is 0 Å². The molecule has 1 unspecified atom stereocenters. The topological polar surface area (TPSA) is 84.2 Å². The number of primary sulfonamides is 1. The molecule has 0 radical (unpaired) electrons. The number of sulfonamides is 1. The summed E-state index contributed by atoms with van der Waals surface area (Å²) in [6, 6.07) is 0. The maximum absolute atomic E-state index is 10.5. The van der Waals surface area contributed by atoms with E-state index in [1.165, 1.54) is 12.3 Å². The average Bonchev–Trinajstić information content (AvgIpc) is 2.08. The Morgan fingerprint density at radius 2 is 2.22 bits per heavy atom. The lowest BCUT2D eigenvalue weighted by Gasteiger charge is -2.03. The molecule has 4 N–H and O–H groups in total. The first-order valence-corrected chi connectivity index (χ1v) is 3.91. The first-order valence-electron chi connectivity index (χ1n) is 2.30. The van der Waals surface area contributed by atoms with E-state index in [1.54, 1.807) is 0 Å². The summed E-state index contributed by atoms with van der Waals surface area (Å²) in [5, 5.41) is 3.98. The minimum atomic E-state index is -3.46. The normalized spacial score (nSPS) is 26.1. The quantitative estimate of drug-likeness (QED) is 0.411. The Bertz CT molecular complexity index is 219. The van der Waals surface area contributed by atoms with E-state index in [2.05, 4.69) is 10.9 Å². The lowest BCUT2D eigenvalue weighted by Crippen LogP contribution is -2.40. The van der Waals surface area contributed by atoms with Crippen molar-refractivity contribution in [3.05, 3.63) is 12.3 Å². The van der Waals surface area contributed by atoms with Crippen molar-refractivity contribution >= 4 is 10.0 Å². The van der Waals surface area contributed by atoms with Gasteiger partial charge in [0.1, 0.15) is 0 Å². The Morgan fingerprint density at radius 1 is 1.56 bits per heavy atom. The van der Waals surface area contributed by atoms with Gasteiger partial charge in [0.05, 0.1) is 0 Å². The number of rotatable bonds is 1. The summed E-state index contributed by atoms with van der Waals surface area (Å²) in [6.45, 7) is 0. The van der Waals surface area contributed by atoms with Gasteiger partial charge in [-0.1, -0.05) is 0 Å². The van der Waals surface area contributed by atoms with Crippen LogP contribution in [0.4, 0.5) is 0 Å². The van der Waals surface area contributed by atoms with Crippen LogP contribution >= 0.6 is 0 Å². The van der Waals surface area contributed by atoms with Crippen molar-refractivity contribution in [2.45, 2.75) is 5.37 Å². The molecule has 0 saturated carbocycles. The molecule has 1 aliphatic rings. The van der Waals surface area contributed by atoms with Crippen molar-refractivity contribution in [1.82, 2.24) is 10.9 Å². The summed E-state index contributed by atoms with van der Waals surface area (Å²) < 4.78 is 20.9. The molecule has 0 spiro atoms. The van der Waals surface area contributed by atoms with Gasteiger partial charge in [0.25, 0.3) is 0 Å². The Balaban J connectivity index is 2.76. The van der Waals surface area contributed by atoms with Gasteiger partial charge in [0, 0.05) is 6.20 Å². The monoisotopic (exact) mass is 149 g/mol. The zero-order valence-electron chi connectivity index (χ0n) is 4.53. The minimum Gasteiger partial charge on any atom is -0.327 e. The van der Waals surface area contributed by atoms with E-state index in [0.717, 1.165) is 0 Å². The van der Waals surface area contributed by atoms with E-state index in [0.29, 0.717) is 0 Å². The van der Waals surface area contributed by atoms with Crippen LogP contribution in [0.2, 0.25) is 0 Å². The number of hydrazine groups is 1. The highest BCUT2D eigenvalue weighted by molar-refractivity contribution is 7.89. The van der Waals surface area contributed by atoms with Crippen molar-refractivity contribution in [3.63, 3.8) is 0 Å². The molecular weight excluding hydrogens is 142 g/mol. The predicted octanol–water partition coefficient (Wildman–Crippen LogP) is -1.78. The molecule has 0 aromatic rings. The van der Waals surface area contributed by atoms with Crippen molar-refractivity contribution in [2.75, 3.05) is 0 Å². The number of nitrogens with one attached hydrogen (secondary N) is 2. The summed E-state index contributed by atoms with van der Waals surface area (Å²) in [5.74, 6) is 0. The number of nitrogens with two attached hydrogens (primary N) is 1. The van der Waals surface area contributed by atoms with Gasteiger partial charge in [0.15, 0.2) is 5.37 Å². The fraction of sp³-hybridized carbons (Fsp3) is 0.333. The van der Waals surface area contributed by atoms with Crippen LogP contribution in [0.3, 0.4) is 0 Å². The molecule has 0 amide bonds. The first-order chi connectivity index (χ1) is 4.11.